The topological polar surface area (TPSA) is 76.7 Å². The summed E-state index contributed by atoms with van der Waals surface area (Å²) >= 11 is 0. The van der Waals surface area contributed by atoms with Crippen LogP contribution in [-0.2, 0) is 6.54 Å². The fourth-order valence-corrected chi connectivity index (χ4v) is 2.60. The molecule has 0 aliphatic heterocycles. The molecular formula is C19H19F2N3O3. The number of benzene rings is 1. The van der Waals surface area contributed by atoms with E-state index in [0.717, 1.165) is 19.1 Å². The summed E-state index contributed by atoms with van der Waals surface area (Å²) < 4.78 is 30.1. The predicted molar refractivity (Wildman–Crippen MR) is 97.1 cm³/mol. The number of nitrogens with zero attached hydrogens (tertiary/aromatic N) is 3. The average Bonchev–Trinajstić information content (AvgIpc) is 3.47. The lowest BCUT2D eigenvalue weighted by Gasteiger charge is -2.09. The highest BCUT2D eigenvalue weighted by molar-refractivity contribution is 5.82. The quantitative estimate of drug-likeness (QED) is 0.590. The molecule has 1 heterocycles. The molecule has 1 fully saturated rings. The van der Waals surface area contributed by atoms with Crippen LogP contribution in [0, 0.1) is 5.92 Å². The highest BCUT2D eigenvalue weighted by Crippen LogP contribution is 2.36. The number of rotatable bonds is 7. The van der Waals surface area contributed by atoms with Gasteiger partial charge < -0.3 is 9.84 Å². The number of halogens is 2. The SMILES string of the molecule is CC(Cn1nc(-c2ccc(OC(F)F)cc2)ccc1=O)=N/C(=C\O)C1CC1. The summed E-state index contributed by atoms with van der Waals surface area (Å²) in [5.41, 5.74) is 2.16. The van der Waals surface area contributed by atoms with Crippen LogP contribution in [0.4, 0.5) is 8.78 Å². The second-order valence-corrected chi connectivity index (χ2v) is 6.29. The Morgan fingerprint density at radius 1 is 1.33 bits per heavy atom. The summed E-state index contributed by atoms with van der Waals surface area (Å²) in [4.78, 5) is 16.5. The monoisotopic (exact) mass is 375 g/mol. The van der Waals surface area contributed by atoms with Gasteiger partial charge in [0.25, 0.3) is 5.56 Å². The van der Waals surface area contributed by atoms with Gasteiger partial charge in [0.05, 0.1) is 17.9 Å². The van der Waals surface area contributed by atoms with Crippen molar-refractivity contribution in [2.75, 3.05) is 0 Å². The van der Waals surface area contributed by atoms with Crippen LogP contribution in [0.5, 0.6) is 5.75 Å². The van der Waals surface area contributed by atoms with E-state index in [1.165, 1.54) is 22.9 Å². The highest BCUT2D eigenvalue weighted by atomic mass is 19.3. The van der Waals surface area contributed by atoms with Gasteiger partial charge in [0.2, 0.25) is 0 Å². The van der Waals surface area contributed by atoms with Gasteiger partial charge in [0.15, 0.2) is 0 Å². The minimum absolute atomic E-state index is 0.0495. The maximum atomic E-state index is 12.2. The van der Waals surface area contributed by atoms with E-state index in [9.17, 15) is 18.7 Å². The lowest BCUT2D eigenvalue weighted by Crippen LogP contribution is -2.25. The van der Waals surface area contributed by atoms with Gasteiger partial charge >= 0.3 is 6.61 Å². The second-order valence-electron chi connectivity index (χ2n) is 6.29. The van der Waals surface area contributed by atoms with Crippen LogP contribution >= 0.6 is 0 Å². The van der Waals surface area contributed by atoms with Gasteiger partial charge in [-0.3, -0.25) is 9.79 Å². The van der Waals surface area contributed by atoms with E-state index < -0.39 is 6.61 Å². The van der Waals surface area contributed by atoms with Crippen molar-refractivity contribution in [3.63, 3.8) is 0 Å². The first-order valence-electron chi connectivity index (χ1n) is 8.48. The number of aliphatic hydroxyl groups excluding tert-OH is 1. The molecule has 1 aliphatic rings. The van der Waals surface area contributed by atoms with Gasteiger partial charge in [-0.2, -0.15) is 13.9 Å². The molecule has 1 saturated carbocycles. The van der Waals surface area contributed by atoms with Crippen molar-refractivity contribution in [1.82, 2.24) is 9.78 Å². The Morgan fingerprint density at radius 3 is 2.63 bits per heavy atom. The van der Waals surface area contributed by atoms with Crippen molar-refractivity contribution in [3.8, 4) is 17.0 Å². The van der Waals surface area contributed by atoms with E-state index in [1.807, 2.05) is 0 Å². The Morgan fingerprint density at radius 2 is 2.04 bits per heavy atom. The maximum Gasteiger partial charge on any atom is 0.387 e. The summed E-state index contributed by atoms with van der Waals surface area (Å²) in [6.45, 7) is -0.932. The Bertz CT molecular complexity index is 917. The second kappa shape index (κ2) is 8.11. The van der Waals surface area contributed by atoms with Gasteiger partial charge in [-0.05, 0) is 50.1 Å². The largest absolute Gasteiger partial charge is 0.514 e. The Labute approximate surface area is 154 Å². The molecule has 1 aromatic carbocycles. The standard InChI is InChI=1S/C19H19F2N3O3/c1-12(22-17(11-25)14-2-3-14)10-24-18(26)9-8-16(23-24)13-4-6-15(7-5-13)27-19(20)21/h4-9,11,14,19,25H,2-3,10H2,1H3/b17-11-,22-12?. The first-order chi connectivity index (χ1) is 13.0. The molecule has 1 N–H and O–H groups in total. The predicted octanol–water partition coefficient (Wildman–Crippen LogP) is 3.78. The van der Waals surface area contributed by atoms with Crippen LogP contribution in [0.3, 0.4) is 0 Å². The van der Waals surface area contributed by atoms with Crippen LogP contribution in [0.1, 0.15) is 19.8 Å². The van der Waals surface area contributed by atoms with Crippen LogP contribution in [0.15, 0.2) is 58.1 Å². The Kier molecular flexibility index (Phi) is 5.63. The van der Waals surface area contributed by atoms with E-state index >= 15 is 0 Å². The molecule has 1 aliphatic carbocycles. The van der Waals surface area contributed by atoms with E-state index in [1.54, 1.807) is 25.1 Å². The fourth-order valence-electron chi connectivity index (χ4n) is 2.60. The molecule has 0 saturated heterocycles. The van der Waals surface area contributed by atoms with Crippen molar-refractivity contribution in [2.24, 2.45) is 10.9 Å². The molecule has 3 rings (SSSR count). The smallest absolute Gasteiger partial charge is 0.387 e. The molecule has 8 heteroatoms. The zero-order chi connectivity index (χ0) is 19.4. The lowest BCUT2D eigenvalue weighted by atomic mass is 10.1. The molecule has 6 nitrogen and oxygen atoms in total. The van der Waals surface area contributed by atoms with Crippen molar-refractivity contribution in [3.05, 3.63) is 58.7 Å². The van der Waals surface area contributed by atoms with Crippen molar-refractivity contribution in [2.45, 2.75) is 32.9 Å². The summed E-state index contributed by atoms with van der Waals surface area (Å²) in [6, 6.07) is 8.98. The number of hydrogen-bond donors (Lipinski definition) is 1. The van der Waals surface area contributed by atoms with Crippen LogP contribution in [-0.4, -0.2) is 27.2 Å². The number of aromatic nitrogens is 2. The lowest BCUT2D eigenvalue weighted by molar-refractivity contribution is -0.0498. The minimum Gasteiger partial charge on any atom is -0.514 e. The van der Waals surface area contributed by atoms with E-state index in [2.05, 4.69) is 14.8 Å². The number of alkyl halides is 2. The molecule has 0 radical (unpaired) electrons. The fraction of sp³-hybridized carbons (Fsp3) is 0.316. The molecule has 0 unspecified atom stereocenters. The molecule has 1 aromatic heterocycles. The van der Waals surface area contributed by atoms with E-state index in [0.29, 0.717) is 22.7 Å². The third-order valence-electron chi connectivity index (χ3n) is 4.07. The summed E-state index contributed by atoms with van der Waals surface area (Å²) in [5.74, 6) is 0.336. The first-order valence-corrected chi connectivity index (χ1v) is 8.48. The van der Waals surface area contributed by atoms with Gasteiger partial charge in [-0.1, -0.05) is 0 Å². The number of aliphatic imine (C=N–C) groups is 1. The Hall–Kier alpha value is -3.03. The zero-order valence-corrected chi connectivity index (χ0v) is 14.7. The third kappa shape index (κ3) is 4.99. The first kappa shape index (κ1) is 18.8. The van der Waals surface area contributed by atoms with Crippen molar-refractivity contribution in [1.29, 1.82) is 0 Å². The van der Waals surface area contributed by atoms with Gasteiger partial charge in [-0.25, -0.2) is 4.68 Å². The molecule has 0 bridgehead atoms. The summed E-state index contributed by atoms with van der Waals surface area (Å²) in [7, 11) is 0. The summed E-state index contributed by atoms with van der Waals surface area (Å²) in [5, 5.41) is 13.6. The third-order valence-corrected chi connectivity index (χ3v) is 4.07. The highest BCUT2D eigenvalue weighted by Gasteiger charge is 2.26. The van der Waals surface area contributed by atoms with Crippen molar-refractivity contribution >= 4 is 5.71 Å². The maximum absolute atomic E-state index is 12.2. The number of allylic oxidation sites excluding steroid dienone is 1. The molecule has 0 spiro atoms. The molecule has 142 valence electrons. The van der Waals surface area contributed by atoms with Gasteiger partial charge in [-0.15, -0.1) is 0 Å². The molecule has 2 aromatic rings. The molecular weight excluding hydrogens is 356 g/mol. The number of ether oxygens (including phenoxy) is 1. The number of hydrogen-bond acceptors (Lipinski definition) is 5. The number of aliphatic hydroxyl groups is 1. The minimum atomic E-state index is -2.88. The molecule has 0 atom stereocenters. The molecule has 27 heavy (non-hydrogen) atoms. The van der Waals surface area contributed by atoms with Gasteiger partial charge in [0, 0.05) is 23.3 Å². The van der Waals surface area contributed by atoms with E-state index in [-0.39, 0.29) is 23.8 Å². The van der Waals surface area contributed by atoms with Crippen molar-refractivity contribution < 1.29 is 18.6 Å². The Balaban J connectivity index is 1.79. The normalized spacial score (nSPS) is 15.3. The zero-order valence-electron chi connectivity index (χ0n) is 14.7. The van der Waals surface area contributed by atoms with Crippen LogP contribution in [0.2, 0.25) is 0 Å². The van der Waals surface area contributed by atoms with Crippen LogP contribution < -0.4 is 10.3 Å². The molecule has 0 amide bonds. The summed E-state index contributed by atoms with van der Waals surface area (Å²) in [6.07, 6.45) is 3.01. The van der Waals surface area contributed by atoms with Crippen LogP contribution in [0.25, 0.3) is 11.3 Å². The average molecular weight is 375 g/mol. The van der Waals surface area contributed by atoms with E-state index in [4.69, 9.17) is 0 Å². The van der Waals surface area contributed by atoms with Gasteiger partial charge in [0.1, 0.15) is 12.0 Å².